The molecule has 2 heterocycles. The van der Waals surface area contributed by atoms with Crippen molar-refractivity contribution in [2.75, 3.05) is 0 Å². The SMILES string of the molecule is Cc1cccc(CC(=O)NCc2ccnc(-c3ccsc3)c2)c1. The van der Waals surface area contributed by atoms with Crippen molar-refractivity contribution in [3.8, 4) is 11.3 Å². The lowest BCUT2D eigenvalue weighted by Crippen LogP contribution is -2.24. The molecule has 4 heteroatoms. The second kappa shape index (κ2) is 7.20. The van der Waals surface area contributed by atoms with E-state index < -0.39 is 0 Å². The van der Waals surface area contributed by atoms with Gasteiger partial charge in [-0.1, -0.05) is 29.8 Å². The van der Waals surface area contributed by atoms with Crippen molar-refractivity contribution in [2.24, 2.45) is 0 Å². The van der Waals surface area contributed by atoms with E-state index in [9.17, 15) is 4.79 Å². The Hall–Kier alpha value is -2.46. The molecule has 3 rings (SSSR count). The summed E-state index contributed by atoms with van der Waals surface area (Å²) < 4.78 is 0. The van der Waals surface area contributed by atoms with Crippen molar-refractivity contribution in [1.82, 2.24) is 10.3 Å². The number of rotatable bonds is 5. The lowest BCUT2D eigenvalue weighted by atomic mass is 10.1. The molecule has 0 fully saturated rings. The molecule has 2 aromatic heterocycles. The van der Waals surface area contributed by atoms with Gasteiger partial charge in [0.15, 0.2) is 0 Å². The van der Waals surface area contributed by atoms with Crippen molar-refractivity contribution in [2.45, 2.75) is 19.9 Å². The van der Waals surface area contributed by atoms with Crippen LogP contribution in [0.15, 0.2) is 59.4 Å². The maximum atomic E-state index is 12.1. The first-order valence-corrected chi connectivity index (χ1v) is 8.45. The highest BCUT2D eigenvalue weighted by atomic mass is 32.1. The summed E-state index contributed by atoms with van der Waals surface area (Å²) in [7, 11) is 0. The zero-order chi connectivity index (χ0) is 16.1. The molecule has 0 saturated heterocycles. The first kappa shape index (κ1) is 15.4. The summed E-state index contributed by atoms with van der Waals surface area (Å²) in [5.74, 6) is 0.0319. The normalized spacial score (nSPS) is 10.5. The lowest BCUT2D eigenvalue weighted by Gasteiger charge is -2.07. The number of aromatic nitrogens is 1. The summed E-state index contributed by atoms with van der Waals surface area (Å²) in [6.07, 6.45) is 2.19. The summed E-state index contributed by atoms with van der Waals surface area (Å²) in [6, 6.07) is 14.0. The summed E-state index contributed by atoms with van der Waals surface area (Å²) in [5, 5.41) is 7.08. The summed E-state index contributed by atoms with van der Waals surface area (Å²) in [4.78, 5) is 16.5. The fourth-order valence-electron chi connectivity index (χ4n) is 2.42. The molecule has 1 amide bonds. The van der Waals surface area contributed by atoms with Gasteiger partial charge in [0.05, 0.1) is 12.1 Å². The maximum absolute atomic E-state index is 12.1. The van der Waals surface area contributed by atoms with Gasteiger partial charge in [0, 0.05) is 23.7 Å². The van der Waals surface area contributed by atoms with Crippen molar-refractivity contribution < 1.29 is 4.79 Å². The molecule has 0 unspecified atom stereocenters. The third-order valence-corrected chi connectivity index (χ3v) is 4.26. The van der Waals surface area contributed by atoms with Gasteiger partial charge in [-0.25, -0.2) is 0 Å². The third kappa shape index (κ3) is 4.27. The van der Waals surface area contributed by atoms with E-state index in [1.165, 1.54) is 5.56 Å². The quantitative estimate of drug-likeness (QED) is 0.772. The molecule has 0 radical (unpaired) electrons. The first-order chi connectivity index (χ1) is 11.2. The fourth-order valence-corrected chi connectivity index (χ4v) is 3.07. The van der Waals surface area contributed by atoms with Gasteiger partial charge in [-0.15, -0.1) is 0 Å². The van der Waals surface area contributed by atoms with Crippen LogP contribution in [0.2, 0.25) is 0 Å². The van der Waals surface area contributed by atoms with Crippen LogP contribution in [0.4, 0.5) is 0 Å². The smallest absolute Gasteiger partial charge is 0.224 e. The van der Waals surface area contributed by atoms with Gasteiger partial charge < -0.3 is 5.32 Å². The van der Waals surface area contributed by atoms with E-state index in [1.54, 1.807) is 17.5 Å². The van der Waals surface area contributed by atoms with Crippen LogP contribution in [0.1, 0.15) is 16.7 Å². The molecule has 0 saturated carbocycles. The molecule has 1 N–H and O–H groups in total. The number of amides is 1. The molecule has 0 aliphatic heterocycles. The Morgan fingerprint density at radius 2 is 2.09 bits per heavy atom. The molecule has 0 atom stereocenters. The van der Waals surface area contributed by atoms with Gasteiger partial charge in [-0.2, -0.15) is 11.3 Å². The minimum absolute atomic E-state index is 0.0319. The van der Waals surface area contributed by atoms with Crippen molar-refractivity contribution in [3.05, 3.63) is 76.1 Å². The number of carbonyl (C=O) groups excluding carboxylic acids is 1. The molecular formula is C19H18N2OS. The molecular weight excluding hydrogens is 304 g/mol. The average Bonchev–Trinajstić information content (AvgIpc) is 3.08. The Kier molecular flexibility index (Phi) is 4.83. The van der Waals surface area contributed by atoms with E-state index in [2.05, 4.69) is 15.7 Å². The van der Waals surface area contributed by atoms with E-state index >= 15 is 0 Å². The van der Waals surface area contributed by atoms with Gasteiger partial charge >= 0.3 is 0 Å². The molecule has 0 aliphatic rings. The minimum Gasteiger partial charge on any atom is -0.352 e. The van der Waals surface area contributed by atoms with Crippen LogP contribution in [0, 0.1) is 6.92 Å². The van der Waals surface area contributed by atoms with Crippen LogP contribution in [-0.4, -0.2) is 10.9 Å². The van der Waals surface area contributed by atoms with E-state index in [1.807, 2.05) is 54.8 Å². The number of benzene rings is 1. The van der Waals surface area contributed by atoms with Crippen LogP contribution >= 0.6 is 11.3 Å². The van der Waals surface area contributed by atoms with Gasteiger partial charge in [0.1, 0.15) is 0 Å². The fraction of sp³-hybridized carbons (Fsp3) is 0.158. The molecule has 116 valence electrons. The van der Waals surface area contributed by atoms with Crippen molar-refractivity contribution in [1.29, 1.82) is 0 Å². The second-order valence-corrected chi connectivity index (χ2v) is 6.28. The minimum atomic E-state index is 0.0319. The van der Waals surface area contributed by atoms with Crippen LogP contribution in [0.5, 0.6) is 0 Å². The standard InChI is InChI=1S/C19H18N2OS/c1-14-3-2-4-15(9-14)11-19(22)21-12-16-5-7-20-18(10-16)17-6-8-23-13-17/h2-10,13H,11-12H2,1H3,(H,21,22). The van der Waals surface area contributed by atoms with Gasteiger partial charge in [-0.3, -0.25) is 9.78 Å². The van der Waals surface area contributed by atoms with E-state index in [0.29, 0.717) is 13.0 Å². The zero-order valence-corrected chi connectivity index (χ0v) is 13.8. The van der Waals surface area contributed by atoms with Gasteiger partial charge in [0.25, 0.3) is 0 Å². The lowest BCUT2D eigenvalue weighted by molar-refractivity contribution is -0.120. The van der Waals surface area contributed by atoms with Crippen molar-refractivity contribution in [3.63, 3.8) is 0 Å². The highest BCUT2D eigenvalue weighted by molar-refractivity contribution is 7.08. The summed E-state index contributed by atoms with van der Waals surface area (Å²) in [6.45, 7) is 2.55. The van der Waals surface area contributed by atoms with E-state index in [4.69, 9.17) is 0 Å². The molecule has 0 aliphatic carbocycles. The van der Waals surface area contributed by atoms with Gasteiger partial charge in [-0.05, 0) is 41.6 Å². The van der Waals surface area contributed by atoms with Crippen molar-refractivity contribution >= 4 is 17.2 Å². The highest BCUT2D eigenvalue weighted by Gasteiger charge is 2.05. The number of aryl methyl sites for hydroxylation is 1. The topological polar surface area (TPSA) is 42.0 Å². The van der Waals surface area contributed by atoms with Crippen LogP contribution in [0.25, 0.3) is 11.3 Å². The van der Waals surface area contributed by atoms with E-state index in [0.717, 1.165) is 22.4 Å². The third-order valence-electron chi connectivity index (χ3n) is 3.58. The number of pyridine rings is 1. The second-order valence-electron chi connectivity index (χ2n) is 5.50. The van der Waals surface area contributed by atoms with Crippen LogP contribution in [0.3, 0.4) is 0 Å². The first-order valence-electron chi connectivity index (χ1n) is 7.50. The molecule has 23 heavy (non-hydrogen) atoms. The number of hydrogen-bond acceptors (Lipinski definition) is 3. The van der Waals surface area contributed by atoms with Crippen LogP contribution < -0.4 is 5.32 Å². The number of nitrogens with zero attached hydrogens (tertiary/aromatic N) is 1. The molecule has 3 nitrogen and oxygen atoms in total. The zero-order valence-electron chi connectivity index (χ0n) is 13.0. The number of nitrogens with one attached hydrogen (secondary N) is 1. The maximum Gasteiger partial charge on any atom is 0.224 e. The number of thiophene rings is 1. The Morgan fingerprint density at radius 1 is 1.17 bits per heavy atom. The molecule has 0 spiro atoms. The Bertz CT molecular complexity index is 797. The van der Waals surface area contributed by atoms with E-state index in [-0.39, 0.29) is 5.91 Å². The monoisotopic (exact) mass is 322 g/mol. The average molecular weight is 322 g/mol. The molecule has 3 aromatic rings. The Balaban J connectivity index is 1.60. The Morgan fingerprint density at radius 3 is 2.87 bits per heavy atom. The predicted molar refractivity (Wildman–Crippen MR) is 94.3 cm³/mol. The molecule has 1 aromatic carbocycles. The van der Waals surface area contributed by atoms with Gasteiger partial charge in [0.2, 0.25) is 5.91 Å². The predicted octanol–water partition coefficient (Wildman–Crippen LogP) is 3.98. The number of carbonyl (C=O) groups is 1. The van der Waals surface area contributed by atoms with Crippen LogP contribution in [-0.2, 0) is 17.8 Å². The number of hydrogen-bond donors (Lipinski definition) is 1. The highest BCUT2D eigenvalue weighted by Crippen LogP contribution is 2.20. The largest absolute Gasteiger partial charge is 0.352 e. The summed E-state index contributed by atoms with van der Waals surface area (Å²) >= 11 is 1.65. The Labute approximate surface area is 140 Å². The molecule has 0 bridgehead atoms. The summed E-state index contributed by atoms with van der Waals surface area (Å²) in [5.41, 5.74) is 5.32.